The molecular weight excluding hydrogens is 280 g/mol. The van der Waals surface area contributed by atoms with Gasteiger partial charge in [0.05, 0.1) is 6.61 Å². The van der Waals surface area contributed by atoms with Crippen LogP contribution in [0.25, 0.3) is 0 Å². The summed E-state index contributed by atoms with van der Waals surface area (Å²) in [6.07, 6.45) is 0. The molecule has 3 nitrogen and oxygen atoms in total. The van der Waals surface area contributed by atoms with Gasteiger partial charge in [0.25, 0.3) is 0 Å². The van der Waals surface area contributed by atoms with Crippen molar-refractivity contribution in [3.05, 3.63) is 28.2 Å². The Morgan fingerprint density at radius 2 is 2.18 bits per heavy atom. The number of aliphatic hydroxyl groups is 1. The maximum atomic E-state index is 9.02. The van der Waals surface area contributed by atoms with Crippen LogP contribution in [0.5, 0.6) is 0 Å². The van der Waals surface area contributed by atoms with E-state index < -0.39 is 0 Å². The summed E-state index contributed by atoms with van der Waals surface area (Å²) in [5.74, 6) is 0. The lowest BCUT2D eigenvalue weighted by Crippen LogP contribution is -2.26. The van der Waals surface area contributed by atoms with E-state index >= 15 is 0 Å². The molecule has 1 unspecified atom stereocenters. The van der Waals surface area contributed by atoms with Crippen LogP contribution in [-0.4, -0.2) is 31.9 Å². The van der Waals surface area contributed by atoms with Gasteiger partial charge in [0, 0.05) is 29.3 Å². The molecule has 0 spiro atoms. The zero-order valence-electron chi connectivity index (χ0n) is 10.7. The van der Waals surface area contributed by atoms with Crippen LogP contribution >= 0.6 is 15.9 Å². The number of hydrogen-bond donors (Lipinski definition) is 2. The smallest absolute Gasteiger partial charge is 0.0606 e. The molecule has 0 fully saturated rings. The first-order valence-electron chi connectivity index (χ1n) is 5.96. The average molecular weight is 301 g/mol. The van der Waals surface area contributed by atoms with E-state index in [0.29, 0.717) is 12.6 Å². The van der Waals surface area contributed by atoms with E-state index in [-0.39, 0.29) is 6.61 Å². The number of benzene rings is 1. The van der Waals surface area contributed by atoms with Crippen molar-refractivity contribution in [3.8, 4) is 0 Å². The van der Waals surface area contributed by atoms with Crippen molar-refractivity contribution >= 4 is 21.6 Å². The van der Waals surface area contributed by atoms with Crippen molar-refractivity contribution in [1.29, 1.82) is 0 Å². The molecule has 17 heavy (non-hydrogen) atoms. The number of likely N-dealkylation sites (N-methyl/N-ethyl adjacent to an activating group) is 1. The van der Waals surface area contributed by atoms with Crippen LogP contribution in [0, 0.1) is 0 Å². The van der Waals surface area contributed by atoms with Crippen LogP contribution in [0.2, 0.25) is 0 Å². The highest BCUT2D eigenvalue weighted by molar-refractivity contribution is 9.10. The Morgan fingerprint density at radius 1 is 1.47 bits per heavy atom. The van der Waals surface area contributed by atoms with Gasteiger partial charge in [0.1, 0.15) is 0 Å². The van der Waals surface area contributed by atoms with Crippen LogP contribution in [-0.2, 0) is 0 Å². The van der Waals surface area contributed by atoms with Gasteiger partial charge in [-0.15, -0.1) is 0 Å². The van der Waals surface area contributed by atoms with Gasteiger partial charge in [-0.05, 0) is 38.6 Å². The minimum Gasteiger partial charge on any atom is -0.395 e. The Balaban J connectivity index is 2.94. The summed E-state index contributed by atoms with van der Waals surface area (Å²) >= 11 is 3.61. The van der Waals surface area contributed by atoms with E-state index in [4.69, 9.17) is 5.11 Å². The summed E-state index contributed by atoms with van der Waals surface area (Å²) in [4.78, 5) is 2.15. The topological polar surface area (TPSA) is 35.5 Å². The molecular formula is C13H21BrN2O. The van der Waals surface area contributed by atoms with Gasteiger partial charge in [-0.1, -0.05) is 22.0 Å². The van der Waals surface area contributed by atoms with Crippen LogP contribution < -0.4 is 10.2 Å². The van der Waals surface area contributed by atoms with Crippen molar-refractivity contribution in [2.24, 2.45) is 0 Å². The molecule has 0 bridgehead atoms. The number of anilines is 1. The fourth-order valence-corrected chi connectivity index (χ4v) is 2.52. The predicted molar refractivity (Wildman–Crippen MR) is 76.6 cm³/mol. The van der Waals surface area contributed by atoms with E-state index in [2.05, 4.69) is 58.2 Å². The minimum absolute atomic E-state index is 0.181. The summed E-state index contributed by atoms with van der Waals surface area (Å²) in [5.41, 5.74) is 2.39. The number of halogens is 1. The molecule has 96 valence electrons. The molecule has 0 aromatic heterocycles. The van der Waals surface area contributed by atoms with Crippen molar-refractivity contribution in [2.45, 2.75) is 19.9 Å². The predicted octanol–water partition coefficient (Wildman–Crippen LogP) is 2.55. The largest absolute Gasteiger partial charge is 0.395 e. The van der Waals surface area contributed by atoms with Gasteiger partial charge in [-0.3, -0.25) is 0 Å². The maximum Gasteiger partial charge on any atom is 0.0606 e. The molecule has 1 rings (SSSR count). The van der Waals surface area contributed by atoms with Crippen LogP contribution in [0.15, 0.2) is 22.7 Å². The summed E-state index contributed by atoms with van der Waals surface area (Å²) in [6.45, 7) is 5.97. The SMILES string of the molecule is CCN(CCO)c1ccc(C(C)NC)c(Br)c1. The zero-order valence-corrected chi connectivity index (χ0v) is 12.3. The first kappa shape index (κ1) is 14.5. The van der Waals surface area contributed by atoms with Gasteiger partial charge < -0.3 is 15.3 Å². The molecule has 0 saturated carbocycles. The van der Waals surface area contributed by atoms with Crippen LogP contribution in [0.4, 0.5) is 5.69 Å². The Morgan fingerprint density at radius 3 is 2.65 bits per heavy atom. The molecule has 0 heterocycles. The highest BCUT2D eigenvalue weighted by atomic mass is 79.9. The first-order chi connectivity index (χ1) is 8.13. The van der Waals surface area contributed by atoms with Crippen molar-refractivity contribution in [1.82, 2.24) is 5.32 Å². The monoisotopic (exact) mass is 300 g/mol. The maximum absolute atomic E-state index is 9.02. The number of rotatable bonds is 6. The lowest BCUT2D eigenvalue weighted by Gasteiger charge is -2.23. The molecule has 4 heteroatoms. The standard InChI is InChI=1S/C13H21BrN2O/c1-4-16(7-8-17)11-5-6-12(10(2)15-3)13(14)9-11/h5-6,9-10,15,17H,4,7-8H2,1-3H3. The van der Waals surface area contributed by atoms with Crippen LogP contribution in [0.3, 0.4) is 0 Å². The molecule has 0 aliphatic rings. The zero-order chi connectivity index (χ0) is 12.8. The van der Waals surface area contributed by atoms with Gasteiger partial charge in [-0.2, -0.15) is 0 Å². The molecule has 1 aromatic carbocycles. The minimum atomic E-state index is 0.181. The van der Waals surface area contributed by atoms with Gasteiger partial charge in [-0.25, -0.2) is 0 Å². The summed E-state index contributed by atoms with van der Waals surface area (Å²) in [5, 5.41) is 12.2. The number of aliphatic hydroxyl groups excluding tert-OH is 1. The van der Waals surface area contributed by atoms with Crippen molar-refractivity contribution in [2.75, 3.05) is 31.6 Å². The van der Waals surface area contributed by atoms with Crippen molar-refractivity contribution in [3.63, 3.8) is 0 Å². The molecule has 0 saturated heterocycles. The Bertz CT molecular complexity index is 357. The number of nitrogens with zero attached hydrogens (tertiary/aromatic N) is 1. The van der Waals surface area contributed by atoms with Crippen molar-refractivity contribution < 1.29 is 5.11 Å². The van der Waals surface area contributed by atoms with Gasteiger partial charge in [0.15, 0.2) is 0 Å². The molecule has 0 aliphatic carbocycles. The third-order valence-corrected chi connectivity index (χ3v) is 3.69. The van der Waals surface area contributed by atoms with E-state index in [1.807, 2.05) is 7.05 Å². The van der Waals surface area contributed by atoms with E-state index in [1.165, 1.54) is 5.56 Å². The molecule has 0 aliphatic heterocycles. The molecule has 1 aromatic rings. The highest BCUT2D eigenvalue weighted by Gasteiger charge is 2.10. The summed E-state index contributed by atoms with van der Waals surface area (Å²) in [7, 11) is 1.95. The fourth-order valence-electron chi connectivity index (χ4n) is 1.81. The van der Waals surface area contributed by atoms with E-state index in [9.17, 15) is 0 Å². The third-order valence-electron chi connectivity index (χ3n) is 3.00. The molecule has 2 N–H and O–H groups in total. The Labute approximate surface area is 112 Å². The normalized spacial score (nSPS) is 12.5. The van der Waals surface area contributed by atoms with E-state index in [1.54, 1.807) is 0 Å². The molecule has 0 radical (unpaired) electrons. The highest BCUT2D eigenvalue weighted by Crippen LogP contribution is 2.28. The lowest BCUT2D eigenvalue weighted by atomic mass is 10.1. The summed E-state index contributed by atoms with van der Waals surface area (Å²) in [6, 6.07) is 6.67. The number of nitrogens with one attached hydrogen (secondary N) is 1. The quantitative estimate of drug-likeness (QED) is 0.847. The first-order valence-corrected chi connectivity index (χ1v) is 6.75. The molecule has 0 amide bonds. The lowest BCUT2D eigenvalue weighted by molar-refractivity contribution is 0.302. The van der Waals surface area contributed by atoms with E-state index in [0.717, 1.165) is 16.7 Å². The number of hydrogen-bond acceptors (Lipinski definition) is 3. The third kappa shape index (κ3) is 3.69. The Kier molecular flexibility index (Phi) is 5.95. The average Bonchev–Trinajstić information content (AvgIpc) is 2.35. The van der Waals surface area contributed by atoms with Gasteiger partial charge in [0.2, 0.25) is 0 Å². The van der Waals surface area contributed by atoms with Crippen LogP contribution in [0.1, 0.15) is 25.5 Å². The van der Waals surface area contributed by atoms with Gasteiger partial charge >= 0.3 is 0 Å². The molecule has 1 atom stereocenters. The second kappa shape index (κ2) is 6.99. The second-order valence-electron chi connectivity index (χ2n) is 4.02. The Hall–Kier alpha value is -0.580. The fraction of sp³-hybridized carbons (Fsp3) is 0.538. The summed E-state index contributed by atoms with van der Waals surface area (Å²) < 4.78 is 1.10. The second-order valence-corrected chi connectivity index (χ2v) is 4.87.